The summed E-state index contributed by atoms with van der Waals surface area (Å²) in [7, 11) is 0. The molecule has 0 atom stereocenters. The van der Waals surface area contributed by atoms with Crippen LogP contribution >= 0.6 is 95.9 Å². The van der Waals surface area contributed by atoms with Gasteiger partial charge in [0.25, 0.3) is 0 Å². The third-order valence-electron chi connectivity index (χ3n) is 0. The van der Waals surface area contributed by atoms with Crippen LogP contribution in [0.1, 0.15) is 0 Å². The molecule has 0 saturated heterocycles. The fourth-order valence-corrected chi connectivity index (χ4v) is 0. The summed E-state index contributed by atoms with van der Waals surface area (Å²) in [6.07, 6.45) is 0. The molecule has 0 heterocycles. The molecule has 0 spiro atoms. The van der Waals surface area contributed by atoms with E-state index in [9.17, 15) is 0 Å². The molecule has 0 bridgehead atoms. The Morgan fingerprint density at radius 3 is 0.714 bits per heavy atom. The van der Waals surface area contributed by atoms with E-state index in [1.165, 1.54) is 0 Å². The first-order chi connectivity index (χ1) is 1.00. The van der Waals surface area contributed by atoms with Crippen molar-refractivity contribution in [2.24, 2.45) is 0 Å². The minimum absolute atomic E-state index is 0. The van der Waals surface area contributed by atoms with Crippen LogP contribution in [0.2, 0.25) is 0 Å². The van der Waals surface area contributed by atoms with Crippen molar-refractivity contribution in [2.45, 2.75) is 0 Å². The molecule has 0 radical (unpaired) electrons. The van der Waals surface area contributed by atoms with Gasteiger partial charge in [0.2, 0.25) is 0 Å². The summed E-state index contributed by atoms with van der Waals surface area (Å²) in [6.45, 7) is 3.50. The predicted molar refractivity (Wildman–Crippen MR) is 75.5 cm³/mol. The van der Waals surface area contributed by atoms with Crippen molar-refractivity contribution < 1.29 is 0 Å². The maximum absolute atomic E-state index is 6.50. The van der Waals surface area contributed by atoms with E-state index in [-0.39, 0.29) is 147 Å². The summed E-state index contributed by atoms with van der Waals surface area (Å²) >= 11 is 0. The van der Waals surface area contributed by atoms with Gasteiger partial charge < -0.3 is 0 Å². The predicted octanol–water partition coefficient (Wildman–Crippen LogP) is 1.96. The van der Waals surface area contributed by atoms with Gasteiger partial charge in [-0.1, -0.05) is 0 Å². The van der Waals surface area contributed by atoms with E-state index >= 15 is 0 Å². The zero-order valence-electron chi connectivity index (χ0n) is 2.66. The average Bonchev–Trinajstić information content (AvgIpc) is 1.00. The van der Waals surface area contributed by atoms with Crippen LogP contribution in [0, 0.1) is 11.8 Å². The van der Waals surface area contributed by atoms with Crippen LogP contribution in [0.15, 0.2) is 0 Å². The van der Waals surface area contributed by atoms with Gasteiger partial charge in [-0.3, -0.25) is 0 Å². The maximum atomic E-state index is 6.50. The first kappa shape index (κ1) is 43.8. The fourth-order valence-electron chi connectivity index (χ4n) is 0. The van der Waals surface area contributed by atoms with Crippen LogP contribution in [0.25, 0.3) is 0 Å². The summed E-state index contributed by atoms with van der Waals surface area (Å²) in [5.74, 6) is 0. The molecular formula is CH6I4KN. The number of hydrogen-bond donors (Lipinski definition) is 0. The Balaban J connectivity index is -0.000000000500. The van der Waals surface area contributed by atoms with Gasteiger partial charge in [0, 0.05) is 6.57 Å². The molecule has 44 valence electrons. The van der Waals surface area contributed by atoms with E-state index in [1.807, 2.05) is 0 Å². The average molecular weight is 579 g/mol. The van der Waals surface area contributed by atoms with Crippen LogP contribution in [-0.2, 0) is 0 Å². The van der Waals surface area contributed by atoms with Gasteiger partial charge in [-0.2, -0.15) is 0 Å². The third-order valence-corrected chi connectivity index (χ3v) is 0. The van der Waals surface area contributed by atoms with Crippen molar-refractivity contribution in [3.05, 3.63) is 0 Å². The Bertz CT molecular complexity index is 16.4. The first-order valence-corrected chi connectivity index (χ1v) is 0.258. The summed E-state index contributed by atoms with van der Waals surface area (Å²) in [5.41, 5.74) is 0. The number of nitriles is 1. The van der Waals surface area contributed by atoms with Crippen molar-refractivity contribution in [1.82, 2.24) is 0 Å². The summed E-state index contributed by atoms with van der Waals surface area (Å²) in [4.78, 5) is 0. The summed E-state index contributed by atoms with van der Waals surface area (Å²) < 4.78 is 0. The van der Waals surface area contributed by atoms with E-state index in [4.69, 9.17) is 5.26 Å². The SMILES string of the molecule is C#N.I.I.I.I.[KH]. The van der Waals surface area contributed by atoms with Gasteiger partial charge in [0.15, 0.2) is 0 Å². The Kier molecular flexibility index (Phi) is 314. The minimum atomic E-state index is 0. The Morgan fingerprint density at radius 1 is 0.714 bits per heavy atom. The molecule has 0 aromatic heterocycles. The summed E-state index contributed by atoms with van der Waals surface area (Å²) in [6, 6.07) is 0. The number of rotatable bonds is 0. The van der Waals surface area contributed by atoms with Gasteiger partial charge in [-0.25, -0.2) is 5.26 Å². The molecule has 0 unspecified atom stereocenters. The zero-order chi connectivity index (χ0) is 2.00. The van der Waals surface area contributed by atoms with Gasteiger partial charge in [0.05, 0.1) is 0 Å². The van der Waals surface area contributed by atoms with E-state index < -0.39 is 0 Å². The van der Waals surface area contributed by atoms with Crippen molar-refractivity contribution in [3.63, 3.8) is 0 Å². The monoisotopic (exact) mass is 579 g/mol. The number of hydrogen-bond acceptors (Lipinski definition) is 1. The van der Waals surface area contributed by atoms with E-state index in [2.05, 4.69) is 6.57 Å². The van der Waals surface area contributed by atoms with Crippen molar-refractivity contribution in [3.8, 4) is 6.57 Å². The standard InChI is InChI=1S/CHN.4HI.K.H/c1-2;;;;;;/h1H;4*1H;;. The molecule has 7 heavy (non-hydrogen) atoms. The molecule has 0 aliphatic heterocycles. The molecule has 1 nitrogen and oxygen atoms in total. The quantitative estimate of drug-likeness (QED) is 0.319. The van der Waals surface area contributed by atoms with Gasteiger partial charge >= 0.3 is 51.4 Å². The fraction of sp³-hybridized carbons (Fsp3) is 0. The van der Waals surface area contributed by atoms with Gasteiger partial charge in [-0.05, 0) is 0 Å². The molecule has 0 aromatic carbocycles. The molecule has 0 N–H and O–H groups in total. The second-order valence-electron chi connectivity index (χ2n) is 0. The Hall–Kier alpha value is 4.05. The van der Waals surface area contributed by atoms with Crippen molar-refractivity contribution in [1.29, 1.82) is 5.26 Å². The normalized spacial score (nSPS) is 0.286. The van der Waals surface area contributed by atoms with E-state index in [0.717, 1.165) is 0 Å². The zero-order valence-corrected chi connectivity index (χ0v) is 12.0. The molecule has 0 fully saturated rings. The van der Waals surface area contributed by atoms with Crippen LogP contribution in [0.3, 0.4) is 0 Å². The molecule has 0 aliphatic rings. The second-order valence-corrected chi connectivity index (χ2v) is 0. The van der Waals surface area contributed by atoms with Crippen LogP contribution in [0.5, 0.6) is 0 Å². The molecule has 0 saturated carbocycles. The molecular weight excluding hydrogens is 573 g/mol. The number of halogens is 4. The molecule has 0 aromatic rings. The molecule has 0 aliphatic carbocycles. The van der Waals surface area contributed by atoms with E-state index in [1.54, 1.807) is 0 Å². The Labute approximate surface area is 155 Å². The molecule has 0 rings (SSSR count). The molecule has 0 amide bonds. The van der Waals surface area contributed by atoms with Gasteiger partial charge in [0.1, 0.15) is 0 Å². The number of nitrogens with zero attached hydrogens (tertiary/aromatic N) is 1. The van der Waals surface area contributed by atoms with Crippen molar-refractivity contribution in [2.75, 3.05) is 0 Å². The first-order valence-electron chi connectivity index (χ1n) is 0.258. The molecule has 6 heteroatoms. The Morgan fingerprint density at radius 2 is 0.714 bits per heavy atom. The third kappa shape index (κ3) is 39.7. The second kappa shape index (κ2) is 50.2. The van der Waals surface area contributed by atoms with Gasteiger partial charge in [-0.15, -0.1) is 95.9 Å². The van der Waals surface area contributed by atoms with Crippen LogP contribution in [-0.4, -0.2) is 51.4 Å². The van der Waals surface area contributed by atoms with Crippen LogP contribution < -0.4 is 0 Å². The van der Waals surface area contributed by atoms with Crippen molar-refractivity contribution >= 4 is 147 Å². The van der Waals surface area contributed by atoms with Crippen LogP contribution in [0.4, 0.5) is 0 Å². The van der Waals surface area contributed by atoms with E-state index in [0.29, 0.717) is 0 Å². The summed E-state index contributed by atoms with van der Waals surface area (Å²) in [5, 5.41) is 6.50. The topological polar surface area (TPSA) is 23.8 Å².